The second-order valence-corrected chi connectivity index (χ2v) is 10.6. The Labute approximate surface area is 209 Å². The summed E-state index contributed by atoms with van der Waals surface area (Å²) >= 11 is 1.57. The first-order chi connectivity index (χ1) is 15.8. The second-order valence-electron chi connectivity index (χ2n) is 9.63. The summed E-state index contributed by atoms with van der Waals surface area (Å²) < 4.78 is 5.39. The zero-order valence-corrected chi connectivity index (χ0v) is 22.7. The molecule has 0 aliphatic carbocycles. The van der Waals surface area contributed by atoms with E-state index in [0.717, 1.165) is 16.7 Å². The molecule has 3 amide bonds. The Morgan fingerprint density at radius 2 is 1.74 bits per heavy atom. The molecule has 0 saturated heterocycles. The van der Waals surface area contributed by atoms with Crippen molar-refractivity contribution in [2.45, 2.75) is 78.6 Å². The minimum Gasteiger partial charge on any atom is -0.444 e. The normalized spacial score (nSPS) is 13.1. The minimum atomic E-state index is -0.869. The quantitative estimate of drug-likeness (QED) is 0.444. The number of carbonyl (C=O) groups excluding carboxylic acids is 3. The molecule has 190 valence electrons. The molecule has 1 aromatic rings. The largest absolute Gasteiger partial charge is 0.444 e. The van der Waals surface area contributed by atoms with E-state index in [1.807, 2.05) is 52.1 Å². The van der Waals surface area contributed by atoms with Crippen LogP contribution in [-0.2, 0) is 14.3 Å². The molecular weight excluding hydrogens is 450 g/mol. The third kappa shape index (κ3) is 9.05. The number of hydrogen-bond acceptors (Lipinski definition) is 5. The molecule has 0 saturated carbocycles. The van der Waals surface area contributed by atoms with Crippen molar-refractivity contribution < 1.29 is 19.1 Å². The first-order valence-electron chi connectivity index (χ1n) is 11.6. The standard InChI is InChI=1S/C26H41N3O4S/c1-10-15-29(24(31)20(14-16-34-9)28-25(32)33-26(6,7)8)22(23(30)27-17(2)3)21-18(4)12-11-13-19(21)5/h10-13,17,20,22H,1,14-16H2,2-9H3,(H,27,30)(H,28,32). The zero-order chi connectivity index (χ0) is 26.1. The van der Waals surface area contributed by atoms with Gasteiger partial charge in [-0.2, -0.15) is 11.8 Å². The van der Waals surface area contributed by atoms with Crippen molar-refractivity contribution in [3.8, 4) is 0 Å². The number of carbonyl (C=O) groups is 3. The number of amides is 3. The maximum atomic E-state index is 13.9. The lowest BCUT2D eigenvalue weighted by molar-refractivity contribution is -0.142. The minimum absolute atomic E-state index is 0.104. The number of aryl methyl sites for hydroxylation is 2. The molecular formula is C26H41N3O4S. The molecule has 1 aromatic carbocycles. The summed E-state index contributed by atoms with van der Waals surface area (Å²) in [5, 5.41) is 5.69. The highest BCUT2D eigenvalue weighted by Crippen LogP contribution is 2.29. The highest BCUT2D eigenvalue weighted by atomic mass is 32.2. The first kappa shape index (κ1) is 29.6. The SMILES string of the molecule is C=CCN(C(=O)C(CCSC)NC(=O)OC(C)(C)C)C(C(=O)NC(C)C)c1c(C)cccc1C. The molecule has 0 spiro atoms. The van der Waals surface area contributed by atoms with Gasteiger partial charge in [-0.3, -0.25) is 9.59 Å². The van der Waals surface area contributed by atoms with Crippen LogP contribution < -0.4 is 10.6 Å². The molecule has 0 aliphatic rings. The second kappa shape index (κ2) is 13.4. The average molecular weight is 492 g/mol. The van der Waals surface area contributed by atoms with E-state index in [2.05, 4.69) is 17.2 Å². The van der Waals surface area contributed by atoms with Crippen LogP contribution in [0.4, 0.5) is 4.79 Å². The summed E-state index contributed by atoms with van der Waals surface area (Å²) in [6.07, 6.45) is 3.27. The highest BCUT2D eigenvalue weighted by molar-refractivity contribution is 7.98. The van der Waals surface area contributed by atoms with E-state index < -0.39 is 23.8 Å². The van der Waals surface area contributed by atoms with Gasteiger partial charge < -0.3 is 20.3 Å². The van der Waals surface area contributed by atoms with Gasteiger partial charge in [0.2, 0.25) is 11.8 Å². The van der Waals surface area contributed by atoms with E-state index in [1.165, 1.54) is 4.90 Å². The van der Waals surface area contributed by atoms with Crippen LogP contribution in [0.25, 0.3) is 0 Å². The Morgan fingerprint density at radius 3 is 2.21 bits per heavy atom. The number of nitrogens with zero attached hydrogens (tertiary/aromatic N) is 1. The molecule has 2 unspecified atom stereocenters. The number of hydrogen-bond donors (Lipinski definition) is 2. The Bertz CT molecular complexity index is 844. The van der Waals surface area contributed by atoms with Crippen molar-refractivity contribution >= 4 is 29.7 Å². The van der Waals surface area contributed by atoms with Crippen LogP contribution in [0.3, 0.4) is 0 Å². The number of thioether (sulfide) groups is 1. The Kier molecular flexibility index (Phi) is 11.7. The van der Waals surface area contributed by atoms with Crippen molar-refractivity contribution in [2.24, 2.45) is 0 Å². The Morgan fingerprint density at radius 1 is 1.15 bits per heavy atom. The highest BCUT2D eigenvalue weighted by Gasteiger charge is 2.37. The molecule has 0 aromatic heterocycles. The molecule has 34 heavy (non-hydrogen) atoms. The smallest absolute Gasteiger partial charge is 0.408 e. The molecule has 0 bridgehead atoms. The van der Waals surface area contributed by atoms with Crippen molar-refractivity contribution in [3.05, 3.63) is 47.5 Å². The molecule has 1 rings (SSSR count). The average Bonchev–Trinajstić information content (AvgIpc) is 2.70. The van der Waals surface area contributed by atoms with Crippen LogP contribution in [0.1, 0.15) is 63.8 Å². The first-order valence-corrected chi connectivity index (χ1v) is 13.0. The topological polar surface area (TPSA) is 87.7 Å². The zero-order valence-electron chi connectivity index (χ0n) is 21.9. The maximum Gasteiger partial charge on any atom is 0.408 e. The van der Waals surface area contributed by atoms with Crippen molar-refractivity contribution in [1.29, 1.82) is 0 Å². The summed E-state index contributed by atoms with van der Waals surface area (Å²) in [7, 11) is 0. The fourth-order valence-electron chi connectivity index (χ4n) is 3.66. The van der Waals surface area contributed by atoms with Crippen LogP contribution in [0, 0.1) is 13.8 Å². The van der Waals surface area contributed by atoms with E-state index in [9.17, 15) is 14.4 Å². The van der Waals surface area contributed by atoms with Gasteiger partial charge in [-0.25, -0.2) is 4.79 Å². The molecule has 7 nitrogen and oxygen atoms in total. The van der Waals surface area contributed by atoms with E-state index in [0.29, 0.717) is 12.2 Å². The van der Waals surface area contributed by atoms with Crippen LogP contribution in [0.5, 0.6) is 0 Å². The summed E-state index contributed by atoms with van der Waals surface area (Å²) in [6.45, 7) is 16.9. The van der Waals surface area contributed by atoms with Gasteiger partial charge in [0.25, 0.3) is 0 Å². The monoisotopic (exact) mass is 491 g/mol. The van der Waals surface area contributed by atoms with Crippen LogP contribution >= 0.6 is 11.8 Å². The summed E-state index contributed by atoms with van der Waals surface area (Å²) in [5.74, 6) is 0.0234. The van der Waals surface area contributed by atoms with E-state index in [1.54, 1.807) is 38.6 Å². The van der Waals surface area contributed by atoms with E-state index in [4.69, 9.17) is 4.74 Å². The molecule has 0 heterocycles. The Hall–Kier alpha value is -2.48. The van der Waals surface area contributed by atoms with Gasteiger partial charge in [0.1, 0.15) is 17.7 Å². The van der Waals surface area contributed by atoms with E-state index in [-0.39, 0.29) is 24.4 Å². The lowest BCUT2D eigenvalue weighted by atomic mass is 9.93. The summed E-state index contributed by atoms with van der Waals surface area (Å²) in [5.41, 5.74) is 1.89. The van der Waals surface area contributed by atoms with Gasteiger partial charge in [0, 0.05) is 12.6 Å². The van der Waals surface area contributed by atoms with Gasteiger partial charge in [0.15, 0.2) is 0 Å². The fraction of sp³-hybridized carbons (Fsp3) is 0.577. The van der Waals surface area contributed by atoms with Gasteiger partial charge in [-0.1, -0.05) is 24.3 Å². The number of benzene rings is 1. The van der Waals surface area contributed by atoms with Gasteiger partial charge >= 0.3 is 6.09 Å². The fourth-order valence-corrected chi connectivity index (χ4v) is 4.13. The van der Waals surface area contributed by atoms with Gasteiger partial charge in [-0.05, 0) is 83.6 Å². The van der Waals surface area contributed by atoms with Crippen LogP contribution in [0.2, 0.25) is 0 Å². The van der Waals surface area contributed by atoms with Crippen molar-refractivity contribution in [1.82, 2.24) is 15.5 Å². The lowest BCUT2D eigenvalue weighted by Crippen LogP contribution is -2.54. The molecule has 0 radical (unpaired) electrons. The molecule has 2 N–H and O–H groups in total. The van der Waals surface area contributed by atoms with Gasteiger partial charge in [0.05, 0.1) is 0 Å². The molecule has 8 heteroatoms. The predicted octanol–water partition coefficient (Wildman–Crippen LogP) is 4.53. The molecule has 0 aliphatic heterocycles. The third-order valence-electron chi connectivity index (χ3n) is 5.02. The van der Waals surface area contributed by atoms with Crippen LogP contribution in [-0.4, -0.2) is 59.0 Å². The number of rotatable bonds is 11. The summed E-state index contributed by atoms with van der Waals surface area (Å²) in [6, 6.07) is 3.97. The predicted molar refractivity (Wildman–Crippen MR) is 140 cm³/mol. The van der Waals surface area contributed by atoms with Crippen LogP contribution in [0.15, 0.2) is 30.9 Å². The third-order valence-corrected chi connectivity index (χ3v) is 5.66. The van der Waals surface area contributed by atoms with Crippen molar-refractivity contribution in [2.75, 3.05) is 18.6 Å². The maximum absolute atomic E-state index is 13.9. The van der Waals surface area contributed by atoms with E-state index >= 15 is 0 Å². The number of ether oxygens (including phenoxy) is 1. The summed E-state index contributed by atoms with van der Waals surface area (Å²) in [4.78, 5) is 41.4. The van der Waals surface area contributed by atoms with Gasteiger partial charge in [-0.15, -0.1) is 6.58 Å². The molecule has 0 fully saturated rings. The van der Waals surface area contributed by atoms with Crippen molar-refractivity contribution in [3.63, 3.8) is 0 Å². The Balaban J connectivity index is 3.50. The number of alkyl carbamates (subject to hydrolysis) is 1. The lowest BCUT2D eigenvalue weighted by Gasteiger charge is -2.35. The number of nitrogens with one attached hydrogen (secondary N) is 2. The molecule has 2 atom stereocenters.